The number of carbonyl (C=O) groups is 2. The summed E-state index contributed by atoms with van der Waals surface area (Å²) in [4.78, 5) is 26.3. The third-order valence-corrected chi connectivity index (χ3v) is 4.74. The van der Waals surface area contributed by atoms with Crippen molar-refractivity contribution in [1.29, 1.82) is 0 Å². The summed E-state index contributed by atoms with van der Waals surface area (Å²) in [6.07, 6.45) is 0.840. The molecule has 1 aliphatic heterocycles. The van der Waals surface area contributed by atoms with E-state index in [0.717, 1.165) is 24.3 Å². The lowest BCUT2D eigenvalue weighted by molar-refractivity contribution is -0.117. The number of carbonyl (C=O) groups excluding carboxylic acids is 2. The minimum Gasteiger partial charge on any atom is -0.493 e. The van der Waals surface area contributed by atoms with Crippen molar-refractivity contribution in [2.45, 2.75) is 19.9 Å². The molecule has 6 nitrogen and oxygen atoms in total. The molecule has 6 heteroatoms. The number of ketones is 1. The largest absolute Gasteiger partial charge is 0.493 e. The van der Waals surface area contributed by atoms with E-state index in [4.69, 9.17) is 9.47 Å². The van der Waals surface area contributed by atoms with Crippen LogP contribution in [0.3, 0.4) is 0 Å². The molecule has 0 fully saturated rings. The summed E-state index contributed by atoms with van der Waals surface area (Å²) in [5.74, 6) is 1.22. The molecule has 1 aliphatic rings. The van der Waals surface area contributed by atoms with Crippen LogP contribution < -0.4 is 14.8 Å². The lowest BCUT2D eigenvalue weighted by Crippen LogP contribution is -2.37. The molecule has 0 aromatic heterocycles. The summed E-state index contributed by atoms with van der Waals surface area (Å²) >= 11 is 0. The van der Waals surface area contributed by atoms with E-state index >= 15 is 0 Å². The number of rotatable bonds is 6. The lowest BCUT2D eigenvalue weighted by atomic mass is 9.99. The van der Waals surface area contributed by atoms with Gasteiger partial charge in [-0.3, -0.25) is 14.5 Å². The van der Waals surface area contributed by atoms with Crippen LogP contribution in [0.15, 0.2) is 36.4 Å². The first-order valence-electron chi connectivity index (χ1n) is 8.87. The Kier molecular flexibility index (Phi) is 5.76. The van der Waals surface area contributed by atoms with Crippen molar-refractivity contribution in [3.05, 3.63) is 53.1 Å². The van der Waals surface area contributed by atoms with Crippen molar-refractivity contribution in [3.63, 3.8) is 0 Å². The number of nitrogens with one attached hydrogen (secondary N) is 1. The van der Waals surface area contributed by atoms with E-state index in [2.05, 4.69) is 10.2 Å². The molecule has 27 heavy (non-hydrogen) atoms. The zero-order chi connectivity index (χ0) is 19.4. The first-order chi connectivity index (χ1) is 13.0. The molecule has 1 heterocycles. The molecule has 2 aromatic rings. The molecule has 0 unspecified atom stereocenters. The number of amides is 1. The average molecular weight is 368 g/mol. The fourth-order valence-corrected chi connectivity index (χ4v) is 3.37. The van der Waals surface area contributed by atoms with Gasteiger partial charge in [-0.1, -0.05) is 12.1 Å². The topological polar surface area (TPSA) is 67.9 Å². The first-order valence-corrected chi connectivity index (χ1v) is 8.87. The molecule has 0 radical (unpaired) electrons. The molecular formula is C21H24N2O4. The van der Waals surface area contributed by atoms with Crippen LogP contribution in [0.5, 0.6) is 11.5 Å². The van der Waals surface area contributed by atoms with Gasteiger partial charge < -0.3 is 14.8 Å². The number of methoxy groups -OCH3 is 2. The molecule has 1 amide bonds. The lowest BCUT2D eigenvalue weighted by Gasteiger charge is -2.29. The first kappa shape index (κ1) is 18.9. The summed E-state index contributed by atoms with van der Waals surface area (Å²) in [5.41, 5.74) is 3.42. The zero-order valence-corrected chi connectivity index (χ0v) is 15.9. The van der Waals surface area contributed by atoms with Crippen LogP contribution in [-0.2, 0) is 17.8 Å². The Morgan fingerprint density at radius 3 is 2.41 bits per heavy atom. The summed E-state index contributed by atoms with van der Waals surface area (Å²) in [5, 5.41) is 2.86. The molecule has 3 rings (SSSR count). The van der Waals surface area contributed by atoms with Crippen molar-refractivity contribution in [1.82, 2.24) is 4.90 Å². The molecule has 0 saturated heterocycles. The van der Waals surface area contributed by atoms with E-state index in [-0.39, 0.29) is 18.2 Å². The highest BCUT2D eigenvalue weighted by Crippen LogP contribution is 2.33. The smallest absolute Gasteiger partial charge is 0.238 e. The van der Waals surface area contributed by atoms with Gasteiger partial charge in [0.15, 0.2) is 17.3 Å². The Morgan fingerprint density at radius 2 is 1.74 bits per heavy atom. The van der Waals surface area contributed by atoms with Crippen molar-refractivity contribution < 1.29 is 19.1 Å². The van der Waals surface area contributed by atoms with E-state index in [1.165, 1.54) is 12.5 Å². The predicted octanol–water partition coefficient (Wildman–Crippen LogP) is 2.90. The minimum absolute atomic E-state index is 0.0705. The Balaban J connectivity index is 1.68. The summed E-state index contributed by atoms with van der Waals surface area (Å²) in [6.45, 7) is 3.20. The highest BCUT2D eigenvalue weighted by molar-refractivity contribution is 6.04. The SMILES string of the molecule is COc1cc2c(cc1OC)CN(CC(=O)Nc1ccccc1C(C)=O)CC2. The predicted molar refractivity (Wildman–Crippen MR) is 104 cm³/mol. The van der Waals surface area contributed by atoms with Gasteiger partial charge in [-0.05, 0) is 48.7 Å². The molecule has 1 N–H and O–H groups in total. The fraction of sp³-hybridized carbons (Fsp3) is 0.333. The van der Waals surface area contributed by atoms with Crippen LogP contribution in [-0.4, -0.2) is 43.9 Å². The molecule has 0 atom stereocenters. The Hall–Kier alpha value is -2.86. The van der Waals surface area contributed by atoms with E-state index in [0.29, 0.717) is 23.5 Å². The van der Waals surface area contributed by atoms with Crippen molar-refractivity contribution in [2.75, 3.05) is 32.6 Å². The number of hydrogen-bond donors (Lipinski definition) is 1. The summed E-state index contributed by atoms with van der Waals surface area (Å²) in [6, 6.07) is 11.0. The van der Waals surface area contributed by atoms with Gasteiger partial charge in [0.2, 0.25) is 5.91 Å². The minimum atomic E-state index is -0.132. The van der Waals surface area contributed by atoms with Crippen LogP contribution in [0.25, 0.3) is 0 Å². The van der Waals surface area contributed by atoms with Crippen LogP contribution in [0.2, 0.25) is 0 Å². The van der Waals surface area contributed by atoms with E-state index in [9.17, 15) is 9.59 Å². The molecule has 0 bridgehead atoms. The standard InChI is InChI=1S/C21H24N2O4/c1-14(24)17-6-4-5-7-18(17)22-21(25)13-23-9-8-15-10-19(26-2)20(27-3)11-16(15)12-23/h4-7,10-11H,8-9,12-13H2,1-3H3,(H,22,25). The molecule has 0 saturated carbocycles. The summed E-state index contributed by atoms with van der Waals surface area (Å²) < 4.78 is 10.7. The second-order valence-corrected chi connectivity index (χ2v) is 6.59. The van der Waals surface area contributed by atoms with Gasteiger partial charge in [0.1, 0.15) is 0 Å². The Bertz CT molecular complexity index is 863. The molecule has 0 aliphatic carbocycles. The van der Waals surface area contributed by atoms with Crippen molar-refractivity contribution >= 4 is 17.4 Å². The normalized spacial score (nSPS) is 13.6. The maximum atomic E-state index is 12.5. The second-order valence-electron chi connectivity index (χ2n) is 6.59. The van der Waals surface area contributed by atoms with Crippen LogP contribution in [0.4, 0.5) is 5.69 Å². The highest BCUT2D eigenvalue weighted by Gasteiger charge is 2.21. The monoisotopic (exact) mass is 368 g/mol. The van der Waals surface area contributed by atoms with Gasteiger partial charge >= 0.3 is 0 Å². The van der Waals surface area contributed by atoms with Gasteiger partial charge in [0.05, 0.1) is 26.5 Å². The number of para-hydroxylation sites is 1. The van der Waals surface area contributed by atoms with Gasteiger partial charge in [0.25, 0.3) is 0 Å². The third-order valence-electron chi connectivity index (χ3n) is 4.74. The van der Waals surface area contributed by atoms with Crippen LogP contribution >= 0.6 is 0 Å². The van der Waals surface area contributed by atoms with Crippen molar-refractivity contribution in [3.8, 4) is 11.5 Å². The van der Waals surface area contributed by atoms with E-state index in [1.807, 2.05) is 12.1 Å². The van der Waals surface area contributed by atoms with E-state index in [1.54, 1.807) is 38.5 Å². The number of fused-ring (bicyclic) bond motifs is 1. The number of Topliss-reactive ketones (excluding diaryl/α,β-unsaturated/α-hetero) is 1. The zero-order valence-electron chi connectivity index (χ0n) is 15.9. The maximum absolute atomic E-state index is 12.5. The van der Waals surface area contributed by atoms with E-state index < -0.39 is 0 Å². The van der Waals surface area contributed by atoms with Crippen molar-refractivity contribution in [2.24, 2.45) is 0 Å². The van der Waals surface area contributed by atoms with Crippen LogP contribution in [0, 0.1) is 0 Å². The average Bonchev–Trinajstić information content (AvgIpc) is 2.66. The number of hydrogen-bond acceptors (Lipinski definition) is 5. The highest BCUT2D eigenvalue weighted by atomic mass is 16.5. The molecule has 2 aromatic carbocycles. The number of anilines is 1. The quantitative estimate of drug-likeness (QED) is 0.794. The summed E-state index contributed by atoms with van der Waals surface area (Å²) in [7, 11) is 3.24. The van der Waals surface area contributed by atoms with Gasteiger partial charge in [-0.15, -0.1) is 0 Å². The Labute approximate surface area is 159 Å². The van der Waals surface area contributed by atoms with Gasteiger partial charge in [-0.25, -0.2) is 0 Å². The van der Waals surface area contributed by atoms with Gasteiger partial charge in [-0.2, -0.15) is 0 Å². The number of nitrogens with zero attached hydrogens (tertiary/aromatic N) is 1. The fourth-order valence-electron chi connectivity index (χ4n) is 3.37. The molecule has 0 spiro atoms. The molecular weight excluding hydrogens is 344 g/mol. The molecule has 142 valence electrons. The van der Waals surface area contributed by atoms with Gasteiger partial charge in [0, 0.05) is 18.7 Å². The third kappa shape index (κ3) is 4.28. The van der Waals surface area contributed by atoms with Crippen LogP contribution in [0.1, 0.15) is 28.4 Å². The Morgan fingerprint density at radius 1 is 1.07 bits per heavy atom. The number of ether oxygens (including phenoxy) is 2. The number of benzene rings is 2. The maximum Gasteiger partial charge on any atom is 0.238 e. The second kappa shape index (κ2) is 8.22.